The molecule has 1 aromatic heterocycles. The highest BCUT2D eigenvalue weighted by atomic mass is 16.5. The van der Waals surface area contributed by atoms with Gasteiger partial charge in [-0.2, -0.15) is 0 Å². The summed E-state index contributed by atoms with van der Waals surface area (Å²) in [7, 11) is 0. The number of nitrogens with zero attached hydrogens (tertiary/aromatic N) is 1. The number of aromatic nitrogens is 1. The number of anilines is 1. The standard InChI is InChI=1S/C18H18N2O3/c1-13-19-15-9-5-10-16(18(15)23-13)20-17(21)11-6-12-22-14-7-3-2-4-8-14/h2-5,7-10H,6,11-12H2,1H3,(H,20,21). The SMILES string of the molecule is Cc1nc2cccc(NC(=O)CCCOc3ccccc3)c2o1. The number of carbonyl (C=O) groups excluding carboxylic acids is 1. The van der Waals surface area contributed by atoms with Gasteiger partial charge >= 0.3 is 0 Å². The fourth-order valence-corrected chi connectivity index (χ4v) is 2.31. The molecule has 23 heavy (non-hydrogen) atoms. The zero-order valence-electron chi connectivity index (χ0n) is 12.9. The molecule has 3 rings (SSSR count). The summed E-state index contributed by atoms with van der Waals surface area (Å²) in [6.07, 6.45) is 1.03. The minimum Gasteiger partial charge on any atom is -0.494 e. The Hall–Kier alpha value is -2.82. The number of hydrogen-bond acceptors (Lipinski definition) is 4. The van der Waals surface area contributed by atoms with Crippen molar-refractivity contribution in [1.29, 1.82) is 0 Å². The molecule has 0 fully saturated rings. The number of aryl methyl sites for hydroxylation is 1. The van der Waals surface area contributed by atoms with E-state index in [-0.39, 0.29) is 5.91 Å². The van der Waals surface area contributed by atoms with Crippen LogP contribution in [0.1, 0.15) is 18.7 Å². The number of oxazole rings is 1. The van der Waals surface area contributed by atoms with Crippen LogP contribution in [0.25, 0.3) is 11.1 Å². The van der Waals surface area contributed by atoms with Gasteiger partial charge in [0.1, 0.15) is 11.3 Å². The Kier molecular flexibility index (Phi) is 4.57. The van der Waals surface area contributed by atoms with Crippen LogP contribution in [0.2, 0.25) is 0 Å². The summed E-state index contributed by atoms with van der Waals surface area (Å²) in [5.41, 5.74) is 2.00. The summed E-state index contributed by atoms with van der Waals surface area (Å²) < 4.78 is 11.1. The summed E-state index contributed by atoms with van der Waals surface area (Å²) in [6.45, 7) is 2.29. The van der Waals surface area contributed by atoms with Crippen LogP contribution in [0.15, 0.2) is 52.9 Å². The molecule has 5 nitrogen and oxygen atoms in total. The topological polar surface area (TPSA) is 64.4 Å². The van der Waals surface area contributed by atoms with Gasteiger partial charge in [0.15, 0.2) is 11.5 Å². The van der Waals surface area contributed by atoms with Crippen molar-refractivity contribution in [3.8, 4) is 5.75 Å². The molecular formula is C18H18N2O3. The Morgan fingerprint density at radius 1 is 1.17 bits per heavy atom. The summed E-state index contributed by atoms with van der Waals surface area (Å²) >= 11 is 0. The first-order valence-electron chi connectivity index (χ1n) is 7.56. The second-order valence-electron chi connectivity index (χ2n) is 5.20. The van der Waals surface area contributed by atoms with E-state index < -0.39 is 0 Å². The quantitative estimate of drug-likeness (QED) is 0.701. The van der Waals surface area contributed by atoms with Crippen LogP contribution in [0.5, 0.6) is 5.75 Å². The lowest BCUT2D eigenvalue weighted by molar-refractivity contribution is -0.116. The van der Waals surface area contributed by atoms with E-state index in [9.17, 15) is 4.79 Å². The van der Waals surface area contributed by atoms with Gasteiger partial charge in [-0.1, -0.05) is 24.3 Å². The molecule has 0 aliphatic heterocycles. The Labute approximate surface area is 134 Å². The molecule has 0 saturated carbocycles. The molecule has 0 aliphatic rings. The molecule has 1 N–H and O–H groups in total. The lowest BCUT2D eigenvalue weighted by Gasteiger charge is -2.07. The zero-order chi connectivity index (χ0) is 16.1. The van der Waals surface area contributed by atoms with E-state index in [4.69, 9.17) is 9.15 Å². The fourth-order valence-electron chi connectivity index (χ4n) is 2.31. The molecular weight excluding hydrogens is 292 g/mol. The van der Waals surface area contributed by atoms with Crippen molar-refractivity contribution in [3.63, 3.8) is 0 Å². The number of ether oxygens (including phenoxy) is 1. The summed E-state index contributed by atoms with van der Waals surface area (Å²) in [6, 6.07) is 15.1. The second kappa shape index (κ2) is 6.96. The zero-order valence-corrected chi connectivity index (χ0v) is 12.9. The molecule has 5 heteroatoms. The highest BCUT2D eigenvalue weighted by Crippen LogP contribution is 2.24. The lowest BCUT2D eigenvalue weighted by atomic mass is 10.2. The number of nitrogens with one attached hydrogen (secondary N) is 1. The molecule has 0 spiro atoms. The van der Waals surface area contributed by atoms with Crippen molar-refractivity contribution in [2.45, 2.75) is 19.8 Å². The Balaban J connectivity index is 1.51. The van der Waals surface area contributed by atoms with E-state index >= 15 is 0 Å². The van der Waals surface area contributed by atoms with Crippen molar-refractivity contribution >= 4 is 22.7 Å². The monoisotopic (exact) mass is 310 g/mol. The van der Waals surface area contributed by atoms with Crippen LogP contribution in [0.4, 0.5) is 5.69 Å². The van der Waals surface area contributed by atoms with E-state index in [0.29, 0.717) is 36.6 Å². The molecule has 0 saturated heterocycles. The van der Waals surface area contributed by atoms with Crippen LogP contribution in [-0.2, 0) is 4.79 Å². The maximum atomic E-state index is 12.0. The first kappa shape index (κ1) is 15.1. The van der Waals surface area contributed by atoms with Crippen molar-refractivity contribution in [2.24, 2.45) is 0 Å². The summed E-state index contributed by atoms with van der Waals surface area (Å²) in [4.78, 5) is 16.3. The number of rotatable bonds is 6. The average molecular weight is 310 g/mol. The van der Waals surface area contributed by atoms with Crippen LogP contribution >= 0.6 is 0 Å². The Bertz CT molecular complexity index is 796. The minimum absolute atomic E-state index is 0.0665. The van der Waals surface area contributed by atoms with Crippen molar-refractivity contribution in [2.75, 3.05) is 11.9 Å². The highest BCUT2D eigenvalue weighted by molar-refractivity contribution is 5.98. The summed E-state index contributed by atoms with van der Waals surface area (Å²) in [5, 5.41) is 2.87. The fraction of sp³-hybridized carbons (Fsp3) is 0.222. The molecule has 1 amide bonds. The molecule has 118 valence electrons. The second-order valence-corrected chi connectivity index (χ2v) is 5.20. The van der Waals surface area contributed by atoms with Crippen LogP contribution in [-0.4, -0.2) is 17.5 Å². The number of fused-ring (bicyclic) bond motifs is 1. The van der Waals surface area contributed by atoms with E-state index in [0.717, 1.165) is 11.3 Å². The third-order valence-electron chi connectivity index (χ3n) is 3.36. The first-order valence-corrected chi connectivity index (χ1v) is 7.56. The van der Waals surface area contributed by atoms with Gasteiger partial charge in [0.05, 0.1) is 12.3 Å². The smallest absolute Gasteiger partial charge is 0.224 e. The number of benzene rings is 2. The van der Waals surface area contributed by atoms with E-state index in [2.05, 4.69) is 10.3 Å². The van der Waals surface area contributed by atoms with Gasteiger partial charge in [-0.15, -0.1) is 0 Å². The van der Waals surface area contributed by atoms with Gasteiger partial charge in [-0.25, -0.2) is 4.98 Å². The van der Waals surface area contributed by atoms with Crippen molar-refractivity contribution in [3.05, 3.63) is 54.4 Å². The van der Waals surface area contributed by atoms with E-state index in [1.807, 2.05) is 48.5 Å². The van der Waals surface area contributed by atoms with Gasteiger partial charge in [0.25, 0.3) is 0 Å². The number of para-hydroxylation sites is 2. The van der Waals surface area contributed by atoms with Crippen LogP contribution in [0.3, 0.4) is 0 Å². The molecule has 0 radical (unpaired) electrons. The predicted molar refractivity (Wildman–Crippen MR) is 88.5 cm³/mol. The van der Waals surface area contributed by atoms with Gasteiger partial charge in [0.2, 0.25) is 5.91 Å². The van der Waals surface area contributed by atoms with Crippen LogP contribution < -0.4 is 10.1 Å². The van der Waals surface area contributed by atoms with E-state index in [1.54, 1.807) is 6.92 Å². The molecule has 0 bridgehead atoms. The normalized spacial score (nSPS) is 10.7. The molecule has 0 atom stereocenters. The maximum absolute atomic E-state index is 12.0. The lowest BCUT2D eigenvalue weighted by Crippen LogP contribution is -2.13. The molecule has 0 unspecified atom stereocenters. The Morgan fingerprint density at radius 2 is 2.00 bits per heavy atom. The number of amides is 1. The van der Waals surface area contributed by atoms with Crippen molar-refractivity contribution < 1.29 is 13.9 Å². The molecule has 2 aromatic carbocycles. The van der Waals surface area contributed by atoms with Gasteiger partial charge in [-0.05, 0) is 30.7 Å². The highest BCUT2D eigenvalue weighted by Gasteiger charge is 2.10. The Morgan fingerprint density at radius 3 is 2.83 bits per heavy atom. The average Bonchev–Trinajstić information content (AvgIpc) is 2.94. The van der Waals surface area contributed by atoms with Crippen molar-refractivity contribution in [1.82, 2.24) is 4.98 Å². The third kappa shape index (κ3) is 3.88. The third-order valence-corrected chi connectivity index (χ3v) is 3.36. The van der Waals surface area contributed by atoms with Gasteiger partial charge in [-0.3, -0.25) is 4.79 Å². The predicted octanol–water partition coefficient (Wildman–Crippen LogP) is 3.93. The van der Waals surface area contributed by atoms with Gasteiger partial charge in [0, 0.05) is 13.3 Å². The summed E-state index contributed by atoms with van der Waals surface area (Å²) in [5.74, 6) is 1.33. The minimum atomic E-state index is -0.0665. The molecule has 3 aromatic rings. The first-order chi connectivity index (χ1) is 11.2. The van der Waals surface area contributed by atoms with Gasteiger partial charge < -0.3 is 14.5 Å². The van der Waals surface area contributed by atoms with E-state index in [1.165, 1.54) is 0 Å². The maximum Gasteiger partial charge on any atom is 0.224 e. The molecule has 1 heterocycles. The molecule has 0 aliphatic carbocycles. The largest absolute Gasteiger partial charge is 0.494 e. The number of carbonyl (C=O) groups is 1. The number of hydrogen-bond donors (Lipinski definition) is 1. The van der Waals surface area contributed by atoms with Crippen LogP contribution in [0, 0.1) is 6.92 Å².